The van der Waals surface area contributed by atoms with Crippen molar-refractivity contribution in [3.8, 4) is 0 Å². The number of nitrogens with one attached hydrogen (secondary N) is 1. The highest BCUT2D eigenvalue weighted by Crippen LogP contribution is 2.37. The van der Waals surface area contributed by atoms with Crippen molar-refractivity contribution in [1.82, 2.24) is 4.98 Å². The van der Waals surface area contributed by atoms with Gasteiger partial charge in [-0.05, 0) is 42.2 Å². The molecule has 1 amide bonds. The summed E-state index contributed by atoms with van der Waals surface area (Å²) in [6, 6.07) is 9.62. The van der Waals surface area contributed by atoms with Crippen LogP contribution in [0.4, 0.5) is 13.9 Å². The monoisotopic (exact) mass is 490 g/mol. The first-order chi connectivity index (χ1) is 15.7. The summed E-state index contributed by atoms with van der Waals surface area (Å²) < 4.78 is 52.3. The maximum atomic E-state index is 14.4. The normalized spacial score (nSPS) is 15.8. The predicted octanol–water partition coefficient (Wildman–Crippen LogP) is 4.31. The third kappa shape index (κ3) is 4.72. The molecule has 1 aliphatic carbocycles. The van der Waals surface area contributed by atoms with E-state index in [0.717, 1.165) is 17.4 Å². The second-order valence-electron chi connectivity index (χ2n) is 7.65. The number of thiazole rings is 1. The van der Waals surface area contributed by atoms with Crippen LogP contribution in [0.5, 0.6) is 0 Å². The molecule has 3 aromatic rings. The van der Waals surface area contributed by atoms with Gasteiger partial charge in [-0.15, -0.1) is 0 Å². The Morgan fingerprint density at radius 2 is 1.94 bits per heavy atom. The zero-order chi connectivity index (χ0) is 23.8. The molecule has 1 heterocycles. The molecule has 33 heavy (non-hydrogen) atoms. The standard InChI is InChI=1S/C23H20F2N2O4S2/c1-2-33(30,31)14-8-7-13(18(25)12-14)11-20(28)27-23-26-19-10-9-16(21(29)22(19)32-23)15-5-3-4-6-17(15)24/h3-8,12,16H,2,9-11H2,1H3,(H,26,27,28). The maximum absolute atomic E-state index is 14.4. The molecule has 1 unspecified atom stereocenters. The summed E-state index contributed by atoms with van der Waals surface area (Å²) in [5, 5.41) is 2.78. The van der Waals surface area contributed by atoms with E-state index >= 15 is 0 Å². The van der Waals surface area contributed by atoms with Gasteiger partial charge in [-0.1, -0.05) is 42.5 Å². The zero-order valence-corrected chi connectivity index (χ0v) is 19.2. The highest BCUT2D eigenvalue weighted by Gasteiger charge is 2.33. The van der Waals surface area contributed by atoms with Crippen LogP contribution >= 0.6 is 11.3 Å². The van der Waals surface area contributed by atoms with Crippen LogP contribution in [0.1, 0.15) is 45.8 Å². The molecule has 0 aliphatic heterocycles. The van der Waals surface area contributed by atoms with Gasteiger partial charge in [-0.3, -0.25) is 9.59 Å². The average molecular weight is 491 g/mol. The third-order valence-corrected chi connectivity index (χ3v) is 8.31. The topological polar surface area (TPSA) is 93.2 Å². The SMILES string of the molecule is CCS(=O)(=O)c1ccc(CC(=O)Nc2nc3c(s2)C(=O)C(c2ccccc2F)CC3)c(F)c1. The Hall–Kier alpha value is -2.98. The number of sulfone groups is 1. The lowest BCUT2D eigenvalue weighted by Crippen LogP contribution is -2.20. The van der Waals surface area contributed by atoms with Crippen molar-refractivity contribution in [2.45, 2.75) is 37.0 Å². The Kier molecular flexibility index (Phi) is 6.40. The zero-order valence-electron chi connectivity index (χ0n) is 17.6. The fraction of sp³-hybridized carbons (Fsp3) is 0.261. The van der Waals surface area contributed by atoms with Crippen LogP contribution in [-0.4, -0.2) is 30.8 Å². The van der Waals surface area contributed by atoms with Crippen LogP contribution in [0.3, 0.4) is 0 Å². The Labute approximate surface area is 193 Å². The van der Waals surface area contributed by atoms with Gasteiger partial charge in [0.25, 0.3) is 0 Å². The molecule has 1 aromatic heterocycles. The smallest absolute Gasteiger partial charge is 0.230 e. The van der Waals surface area contributed by atoms with Crippen LogP contribution in [0.25, 0.3) is 0 Å². The lowest BCUT2D eigenvalue weighted by Gasteiger charge is -2.20. The molecule has 0 saturated carbocycles. The number of hydrogen-bond donors (Lipinski definition) is 1. The van der Waals surface area contributed by atoms with E-state index < -0.39 is 33.3 Å². The number of amides is 1. The van der Waals surface area contributed by atoms with E-state index in [1.165, 1.54) is 25.1 Å². The minimum Gasteiger partial charge on any atom is -0.302 e. The number of aryl methyl sites for hydroxylation is 1. The van der Waals surface area contributed by atoms with Crippen LogP contribution < -0.4 is 5.32 Å². The van der Waals surface area contributed by atoms with Gasteiger partial charge in [-0.2, -0.15) is 0 Å². The van der Waals surface area contributed by atoms with E-state index in [9.17, 15) is 26.8 Å². The van der Waals surface area contributed by atoms with E-state index in [4.69, 9.17) is 0 Å². The van der Waals surface area contributed by atoms with Gasteiger partial charge < -0.3 is 5.32 Å². The lowest BCUT2D eigenvalue weighted by molar-refractivity contribution is -0.115. The number of benzene rings is 2. The highest BCUT2D eigenvalue weighted by molar-refractivity contribution is 7.91. The van der Waals surface area contributed by atoms with Crippen molar-refractivity contribution < 1.29 is 26.8 Å². The van der Waals surface area contributed by atoms with Gasteiger partial charge in [0.2, 0.25) is 5.91 Å². The average Bonchev–Trinajstić information content (AvgIpc) is 3.19. The fourth-order valence-electron chi connectivity index (χ4n) is 3.76. The molecular weight excluding hydrogens is 470 g/mol. The van der Waals surface area contributed by atoms with E-state index in [0.29, 0.717) is 29.0 Å². The van der Waals surface area contributed by atoms with Crippen molar-refractivity contribution >= 4 is 38.0 Å². The Bertz CT molecular complexity index is 1350. The molecule has 0 bridgehead atoms. The number of rotatable bonds is 6. The number of carbonyl (C=O) groups is 2. The molecule has 6 nitrogen and oxygen atoms in total. The Morgan fingerprint density at radius 3 is 2.64 bits per heavy atom. The van der Waals surface area contributed by atoms with Gasteiger partial charge in [0, 0.05) is 0 Å². The minimum absolute atomic E-state index is 0.0413. The summed E-state index contributed by atoms with van der Waals surface area (Å²) in [7, 11) is -3.55. The van der Waals surface area contributed by atoms with Gasteiger partial charge >= 0.3 is 0 Å². The number of aromatic nitrogens is 1. The molecule has 0 saturated heterocycles. The van der Waals surface area contributed by atoms with E-state index in [1.807, 2.05) is 0 Å². The largest absolute Gasteiger partial charge is 0.302 e. The number of anilines is 1. The van der Waals surface area contributed by atoms with E-state index in [-0.39, 0.29) is 33.5 Å². The van der Waals surface area contributed by atoms with Gasteiger partial charge in [-0.25, -0.2) is 22.2 Å². The second-order valence-corrected chi connectivity index (χ2v) is 10.9. The number of fused-ring (bicyclic) bond motifs is 1. The molecule has 1 aliphatic rings. The van der Waals surface area contributed by atoms with Crippen LogP contribution in [-0.2, 0) is 27.5 Å². The number of carbonyl (C=O) groups excluding carboxylic acids is 2. The molecule has 1 N–H and O–H groups in total. The molecule has 0 spiro atoms. The Balaban J connectivity index is 1.47. The molecule has 4 rings (SSSR count). The van der Waals surface area contributed by atoms with Crippen molar-refractivity contribution in [2.24, 2.45) is 0 Å². The molecular formula is C23H20F2N2O4S2. The second kappa shape index (κ2) is 9.11. The minimum atomic E-state index is -3.55. The van der Waals surface area contributed by atoms with E-state index in [1.54, 1.807) is 18.2 Å². The summed E-state index contributed by atoms with van der Waals surface area (Å²) in [6.45, 7) is 1.46. The van der Waals surface area contributed by atoms with Gasteiger partial charge in [0.15, 0.2) is 20.8 Å². The highest BCUT2D eigenvalue weighted by atomic mass is 32.2. The summed E-state index contributed by atoms with van der Waals surface area (Å²) in [6.07, 6.45) is 0.560. The van der Waals surface area contributed by atoms with Crippen molar-refractivity contribution in [1.29, 1.82) is 0 Å². The van der Waals surface area contributed by atoms with E-state index in [2.05, 4.69) is 10.3 Å². The number of Topliss-reactive ketones (excluding diaryl/α,β-unsaturated/α-hetero) is 1. The summed E-state index contributed by atoms with van der Waals surface area (Å²) in [4.78, 5) is 29.9. The van der Waals surface area contributed by atoms with Crippen molar-refractivity contribution in [3.05, 3.63) is 75.8 Å². The quantitative estimate of drug-likeness (QED) is 0.556. The van der Waals surface area contributed by atoms with Crippen molar-refractivity contribution in [3.63, 3.8) is 0 Å². The molecule has 0 fully saturated rings. The first-order valence-electron chi connectivity index (χ1n) is 10.3. The van der Waals surface area contributed by atoms with Gasteiger partial charge in [0.05, 0.1) is 33.6 Å². The number of hydrogen-bond acceptors (Lipinski definition) is 6. The molecule has 2 aromatic carbocycles. The molecule has 1 atom stereocenters. The summed E-state index contributed by atoms with van der Waals surface area (Å²) in [5.74, 6) is -2.77. The molecule has 10 heteroatoms. The van der Waals surface area contributed by atoms with Crippen LogP contribution in [0.15, 0.2) is 47.4 Å². The number of nitrogens with zero attached hydrogens (tertiary/aromatic N) is 1. The fourth-order valence-corrected chi connectivity index (χ4v) is 5.67. The lowest BCUT2D eigenvalue weighted by atomic mass is 9.84. The predicted molar refractivity (Wildman–Crippen MR) is 120 cm³/mol. The Morgan fingerprint density at radius 1 is 1.18 bits per heavy atom. The van der Waals surface area contributed by atoms with Crippen LogP contribution in [0.2, 0.25) is 0 Å². The number of ketones is 1. The first-order valence-corrected chi connectivity index (χ1v) is 12.8. The van der Waals surface area contributed by atoms with Crippen LogP contribution in [0, 0.1) is 11.6 Å². The molecule has 172 valence electrons. The maximum Gasteiger partial charge on any atom is 0.230 e. The number of halogens is 2. The van der Waals surface area contributed by atoms with Crippen molar-refractivity contribution in [2.75, 3.05) is 11.1 Å². The first kappa shape index (κ1) is 23.2. The summed E-state index contributed by atoms with van der Waals surface area (Å²) >= 11 is 1.01. The van der Waals surface area contributed by atoms with Gasteiger partial charge in [0.1, 0.15) is 11.6 Å². The third-order valence-electron chi connectivity index (χ3n) is 5.55. The summed E-state index contributed by atoms with van der Waals surface area (Å²) in [5.41, 5.74) is 0.934. The molecule has 0 radical (unpaired) electrons.